The highest BCUT2D eigenvalue weighted by Gasteiger charge is 2.37. The van der Waals surface area contributed by atoms with E-state index in [-0.39, 0.29) is 5.41 Å². The molecular formula is C43H31NS. The van der Waals surface area contributed by atoms with Crippen molar-refractivity contribution in [3.63, 3.8) is 0 Å². The number of thiophene rings is 1. The Hall–Kier alpha value is -5.18. The zero-order chi connectivity index (χ0) is 30.1. The Morgan fingerprint density at radius 3 is 2.09 bits per heavy atom. The van der Waals surface area contributed by atoms with Crippen molar-refractivity contribution in [2.45, 2.75) is 19.3 Å². The predicted molar refractivity (Wildman–Crippen MR) is 195 cm³/mol. The molecule has 0 atom stereocenters. The molecule has 0 aliphatic heterocycles. The van der Waals surface area contributed by atoms with E-state index in [1.54, 1.807) is 0 Å². The fourth-order valence-corrected chi connectivity index (χ4v) is 8.59. The Labute approximate surface area is 267 Å². The normalized spacial score (nSPS) is 13.3. The zero-order valence-corrected chi connectivity index (χ0v) is 26.1. The molecule has 8 aromatic rings. The van der Waals surface area contributed by atoms with Crippen LogP contribution in [0.15, 0.2) is 152 Å². The second-order valence-electron chi connectivity index (χ2n) is 12.6. The molecule has 1 aromatic heterocycles. The molecule has 0 saturated carbocycles. The standard InChI is InChI=1S/C43H31NS/c1-43(2)36-18-9-6-17-34(36)42-37(43)19-12-21-39(42)44(38-20-10-7-15-32(38)28-13-4-3-5-14-28)31-24-23-29-26-35-33-16-8-11-22-40(33)45-41(35)27-30(29)25-31/h3-27H,1-2H3. The van der Waals surface area contributed by atoms with Gasteiger partial charge in [0.1, 0.15) is 0 Å². The first-order valence-corrected chi connectivity index (χ1v) is 16.4. The van der Waals surface area contributed by atoms with Crippen LogP contribution >= 0.6 is 11.3 Å². The van der Waals surface area contributed by atoms with Gasteiger partial charge in [0.25, 0.3) is 0 Å². The largest absolute Gasteiger partial charge is 0.309 e. The van der Waals surface area contributed by atoms with E-state index in [0.717, 1.165) is 5.69 Å². The van der Waals surface area contributed by atoms with E-state index in [9.17, 15) is 0 Å². The molecule has 0 N–H and O–H groups in total. The lowest BCUT2D eigenvalue weighted by Crippen LogP contribution is -2.16. The summed E-state index contributed by atoms with van der Waals surface area (Å²) in [5, 5.41) is 5.18. The van der Waals surface area contributed by atoms with Crippen molar-refractivity contribution in [3.8, 4) is 22.3 Å². The van der Waals surface area contributed by atoms with Crippen molar-refractivity contribution in [1.29, 1.82) is 0 Å². The Morgan fingerprint density at radius 2 is 1.20 bits per heavy atom. The maximum atomic E-state index is 2.49. The molecular weight excluding hydrogens is 563 g/mol. The third-order valence-electron chi connectivity index (χ3n) is 9.63. The Balaban J connectivity index is 1.33. The van der Waals surface area contributed by atoms with Gasteiger partial charge in [-0.3, -0.25) is 0 Å². The maximum absolute atomic E-state index is 2.49. The van der Waals surface area contributed by atoms with Crippen molar-refractivity contribution in [1.82, 2.24) is 0 Å². The van der Waals surface area contributed by atoms with E-state index in [0.29, 0.717) is 0 Å². The van der Waals surface area contributed by atoms with Crippen molar-refractivity contribution < 1.29 is 0 Å². The molecule has 0 fully saturated rings. The topological polar surface area (TPSA) is 3.24 Å². The van der Waals surface area contributed by atoms with E-state index >= 15 is 0 Å². The van der Waals surface area contributed by atoms with Crippen molar-refractivity contribution >= 4 is 59.3 Å². The van der Waals surface area contributed by atoms with E-state index in [2.05, 4.69) is 170 Å². The summed E-state index contributed by atoms with van der Waals surface area (Å²) >= 11 is 1.88. The molecule has 1 nitrogen and oxygen atoms in total. The summed E-state index contributed by atoms with van der Waals surface area (Å²) in [6.45, 7) is 4.71. The average Bonchev–Trinajstić information content (AvgIpc) is 3.56. The second-order valence-corrected chi connectivity index (χ2v) is 13.7. The molecule has 0 spiro atoms. The van der Waals surface area contributed by atoms with Gasteiger partial charge in [0, 0.05) is 42.4 Å². The number of benzene rings is 7. The quantitative estimate of drug-likeness (QED) is 0.196. The van der Waals surface area contributed by atoms with Gasteiger partial charge in [-0.1, -0.05) is 123 Å². The van der Waals surface area contributed by atoms with Gasteiger partial charge in [-0.15, -0.1) is 11.3 Å². The molecule has 0 radical (unpaired) electrons. The Bertz CT molecular complexity index is 2410. The molecule has 2 heteroatoms. The minimum Gasteiger partial charge on any atom is -0.309 e. The van der Waals surface area contributed by atoms with Crippen LogP contribution in [0.4, 0.5) is 17.1 Å². The number of rotatable bonds is 4. The number of fused-ring (bicyclic) bond motifs is 7. The number of hydrogen-bond donors (Lipinski definition) is 0. The smallest absolute Gasteiger partial charge is 0.0543 e. The molecule has 0 saturated heterocycles. The number of para-hydroxylation sites is 1. The molecule has 0 unspecified atom stereocenters. The molecule has 1 heterocycles. The molecule has 0 amide bonds. The van der Waals surface area contributed by atoms with Gasteiger partial charge in [-0.25, -0.2) is 0 Å². The van der Waals surface area contributed by atoms with Crippen molar-refractivity contribution in [2.24, 2.45) is 0 Å². The van der Waals surface area contributed by atoms with Gasteiger partial charge >= 0.3 is 0 Å². The van der Waals surface area contributed by atoms with Crippen LogP contribution in [0.3, 0.4) is 0 Å². The molecule has 9 rings (SSSR count). The van der Waals surface area contributed by atoms with Gasteiger partial charge in [0.05, 0.1) is 11.4 Å². The number of hydrogen-bond acceptors (Lipinski definition) is 2. The SMILES string of the molecule is CC1(C)c2ccccc2-c2c(N(c3ccc4cc5c(cc4c3)sc3ccccc35)c3ccccc3-c3ccccc3)cccc21. The highest BCUT2D eigenvalue weighted by Crippen LogP contribution is 2.55. The van der Waals surface area contributed by atoms with Gasteiger partial charge in [-0.2, -0.15) is 0 Å². The van der Waals surface area contributed by atoms with Crippen LogP contribution in [0, 0.1) is 0 Å². The monoisotopic (exact) mass is 593 g/mol. The Kier molecular flexibility index (Phi) is 5.78. The lowest BCUT2D eigenvalue weighted by atomic mass is 9.82. The molecule has 45 heavy (non-hydrogen) atoms. The first kappa shape index (κ1) is 26.2. The third kappa shape index (κ3) is 3.99. The van der Waals surface area contributed by atoms with Crippen LogP contribution < -0.4 is 4.90 Å². The van der Waals surface area contributed by atoms with Crippen LogP contribution in [0.1, 0.15) is 25.0 Å². The van der Waals surface area contributed by atoms with Crippen molar-refractivity contribution in [3.05, 3.63) is 163 Å². The summed E-state index contributed by atoms with van der Waals surface area (Å²) in [5.41, 5.74) is 11.3. The number of nitrogens with zero attached hydrogens (tertiary/aromatic N) is 1. The first-order valence-electron chi connectivity index (χ1n) is 15.6. The van der Waals surface area contributed by atoms with Gasteiger partial charge in [0.2, 0.25) is 0 Å². The average molecular weight is 594 g/mol. The summed E-state index contributed by atoms with van der Waals surface area (Å²) in [6, 6.07) is 55.9. The summed E-state index contributed by atoms with van der Waals surface area (Å²) in [5.74, 6) is 0. The second kappa shape index (κ2) is 9.92. The summed E-state index contributed by atoms with van der Waals surface area (Å²) < 4.78 is 2.66. The van der Waals surface area contributed by atoms with E-state index in [1.165, 1.54) is 75.7 Å². The summed E-state index contributed by atoms with van der Waals surface area (Å²) in [7, 11) is 0. The van der Waals surface area contributed by atoms with E-state index < -0.39 is 0 Å². The molecule has 7 aromatic carbocycles. The fraction of sp³-hybridized carbons (Fsp3) is 0.0698. The first-order chi connectivity index (χ1) is 22.1. The fourth-order valence-electron chi connectivity index (χ4n) is 7.45. The molecule has 0 bridgehead atoms. The van der Waals surface area contributed by atoms with Gasteiger partial charge < -0.3 is 4.90 Å². The lowest BCUT2D eigenvalue weighted by Gasteiger charge is -2.30. The molecule has 214 valence electrons. The van der Waals surface area contributed by atoms with E-state index in [4.69, 9.17) is 0 Å². The minimum absolute atomic E-state index is 0.0806. The summed E-state index contributed by atoms with van der Waals surface area (Å²) in [4.78, 5) is 2.49. The predicted octanol–water partition coefficient (Wildman–Crippen LogP) is 12.7. The maximum Gasteiger partial charge on any atom is 0.0543 e. The number of anilines is 3. The minimum atomic E-state index is -0.0806. The van der Waals surface area contributed by atoms with Crippen LogP contribution in [0.2, 0.25) is 0 Å². The van der Waals surface area contributed by atoms with Crippen LogP contribution in [0.5, 0.6) is 0 Å². The van der Waals surface area contributed by atoms with Gasteiger partial charge in [-0.05, 0) is 75.5 Å². The van der Waals surface area contributed by atoms with Crippen LogP contribution in [-0.4, -0.2) is 0 Å². The zero-order valence-electron chi connectivity index (χ0n) is 25.3. The molecule has 1 aliphatic rings. The highest BCUT2D eigenvalue weighted by molar-refractivity contribution is 7.25. The van der Waals surface area contributed by atoms with E-state index in [1.807, 2.05) is 11.3 Å². The highest BCUT2D eigenvalue weighted by atomic mass is 32.1. The Morgan fingerprint density at radius 1 is 0.489 bits per heavy atom. The van der Waals surface area contributed by atoms with Crippen LogP contribution in [-0.2, 0) is 5.41 Å². The molecule has 1 aliphatic carbocycles. The van der Waals surface area contributed by atoms with Crippen molar-refractivity contribution in [2.75, 3.05) is 4.90 Å². The lowest BCUT2D eigenvalue weighted by molar-refractivity contribution is 0.660. The third-order valence-corrected chi connectivity index (χ3v) is 10.8. The summed E-state index contributed by atoms with van der Waals surface area (Å²) in [6.07, 6.45) is 0. The van der Waals surface area contributed by atoms with Crippen LogP contribution in [0.25, 0.3) is 53.2 Å². The van der Waals surface area contributed by atoms with Gasteiger partial charge in [0.15, 0.2) is 0 Å².